The maximum Gasteiger partial charge on any atom is 0.343 e. The SMILES string of the molecule is CCOc1cc(C=NNC(=O)CCC(=O)Nc2cccc(C)c2C)cc(Br)c1OCC(=O)OC. The Bertz CT molecular complexity index is 1070. The molecule has 0 bridgehead atoms. The van der Waals surface area contributed by atoms with Crippen LogP contribution in [0, 0.1) is 13.8 Å². The van der Waals surface area contributed by atoms with Crippen LogP contribution in [0.3, 0.4) is 0 Å². The number of halogens is 1. The highest BCUT2D eigenvalue weighted by Gasteiger charge is 2.14. The third-order valence-corrected chi connectivity index (χ3v) is 5.34. The number of carbonyl (C=O) groups is 3. The number of nitrogens with one attached hydrogen (secondary N) is 2. The first kappa shape index (κ1) is 26.8. The third kappa shape index (κ3) is 8.18. The number of rotatable bonds is 11. The van der Waals surface area contributed by atoms with Crippen molar-refractivity contribution in [2.45, 2.75) is 33.6 Å². The van der Waals surface area contributed by atoms with Gasteiger partial charge >= 0.3 is 5.97 Å². The lowest BCUT2D eigenvalue weighted by Crippen LogP contribution is -2.21. The fourth-order valence-corrected chi connectivity index (χ4v) is 3.39. The number of ether oxygens (including phenoxy) is 3. The monoisotopic (exact) mass is 533 g/mol. The number of amides is 2. The number of hydrogen-bond acceptors (Lipinski definition) is 7. The van der Waals surface area contributed by atoms with Crippen molar-refractivity contribution < 1.29 is 28.6 Å². The van der Waals surface area contributed by atoms with Gasteiger partial charge in [0.05, 0.1) is 24.4 Å². The van der Waals surface area contributed by atoms with E-state index in [1.165, 1.54) is 13.3 Å². The van der Waals surface area contributed by atoms with Crippen LogP contribution in [-0.4, -0.2) is 44.3 Å². The van der Waals surface area contributed by atoms with Crippen LogP contribution in [0.4, 0.5) is 5.69 Å². The smallest absolute Gasteiger partial charge is 0.343 e. The fraction of sp³-hybridized carbons (Fsp3) is 0.333. The molecule has 2 aromatic rings. The molecule has 0 aliphatic rings. The molecule has 0 radical (unpaired) electrons. The highest BCUT2D eigenvalue weighted by atomic mass is 79.9. The summed E-state index contributed by atoms with van der Waals surface area (Å²) in [5.74, 6) is -0.416. The van der Waals surface area contributed by atoms with Crippen LogP contribution >= 0.6 is 15.9 Å². The summed E-state index contributed by atoms with van der Waals surface area (Å²) < 4.78 is 16.2. The van der Waals surface area contributed by atoms with Crippen LogP contribution in [0.15, 0.2) is 39.9 Å². The van der Waals surface area contributed by atoms with Gasteiger partial charge in [0.15, 0.2) is 18.1 Å². The zero-order valence-corrected chi connectivity index (χ0v) is 21.2. The van der Waals surface area contributed by atoms with Crippen molar-refractivity contribution in [1.82, 2.24) is 5.43 Å². The molecule has 0 aliphatic carbocycles. The van der Waals surface area contributed by atoms with Gasteiger partial charge in [0.25, 0.3) is 0 Å². The Hall–Kier alpha value is -3.40. The number of anilines is 1. The number of methoxy groups -OCH3 is 1. The van der Waals surface area contributed by atoms with E-state index < -0.39 is 11.9 Å². The quantitative estimate of drug-likeness (QED) is 0.257. The molecule has 0 aliphatic heterocycles. The largest absolute Gasteiger partial charge is 0.490 e. The molecule has 0 heterocycles. The molecule has 0 aromatic heterocycles. The molecule has 2 rings (SSSR count). The van der Waals surface area contributed by atoms with Crippen LogP contribution < -0.4 is 20.2 Å². The highest BCUT2D eigenvalue weighted by molar-refractivity contribution is 9.10. The van der Waals surface area contributed by atoms with Crippen molar-refractivity contribution in [2.24, 2.45) is 5.10 Å². The lowest BCUT2D eigenvalue weighted by molar-refractivity contribution is -0.143. The molecule has 0 unspecified atom stereocenters. The molecule has 2 aromatic carbocycles. The number of carbonyl (C=O) groups excluding carboxylic acids is 3. The van der Waals surface area contributed by atoms with Crippen LogP contribution in [0.2, 0.25) is 0 Å². The number of aryl methyl sites for hydroxylation is 1. The molecular weight excluding hydrogens is 506 g/mol. The molecular formula is C24H28BrN3O6. The predicted molar refractivity (Wildman–Crippen MR) is 132 cm³/mol. The van der Waals surface area contributed by atoms with Gasteiger partial charge in [-0.05, 0) is 71.6 Å². The molecule has 182 valence electrons. The number of esters is 1. The average Bonchev–Trinajstić information content (AvgIpc) is 2.80. The van der Waals surface area contributed by atoms with Crippen LogP contribution in [0.1, 0.15) is 36.5 Å². The van der Waals surface area contributed by atoms with Gasteiger partial charge in [-0.3, -0.25) is 9.59 Å². The van der Waals surface area contributed by atoms with Crippen molar-refractivity contribution in [3.63, 3.8) is 0 Å². The predicted octanol–water partition coefficient (Wildman–Crippen LogP) is 3.89. The Kier molecular flexibility index (Phi) is 10.5. The summed E-state index contributed by atoms with van der Waals surface area (Å²) in [6.07, 6.45) is 1.45. The van der Waals surface area contributed by atoms with E-state index in [-0.39, 0.29) is 25.4 Å². The number of benzene rings is 2. The molecule has 2 amide bonds. The first-order valence-electron chi connectivity index (χ1n) is 10.6. The Morgan fingerprint density at radius 2 is 1.82 bits per heavy atom. The number of nitrogens with zero attached hydrogens (tertiary/aromatic N) is 1. The second kappa shape index (κ2) is 13.3. The first-order chi connectivity index (χ1) is 16.2. The van der Waals surface area contributed by atoms with Gasteiger partial charge in [-0.25, -0.2) is 10.2 Å². The summed E-state index contributed by atoms with van der Waals surface area (Å²) in [6, 6.07) is 9.02. The lowest BCUT2D eigenvalue weighted by Gasteiger charge is -2.13. The second-order valence-electron chi connectivity index (χ2n) is 7.22. The van der Waals surface area contributed by atoms with E-state index in [9.17, 15) is 14.4 Å². The van der Waals surface area contributed by atoms with Gasteiger partial charge in [0.2, 0.25) is 11.8 Å². The minimum Gasteiger partial charge on any atom is -0.490 e. The molecule has 2 N–H and O–H groups in total. The van der Waals surface area contributed by atoms with Crippen molar-refractivity contribution in [1.29, 1.82) is 0 Å². The van der Waals surface area contributed by atoms with Crippen molar-refractivity contribution in [2.75, 3.05) is 25.6 Å². The molecule has 10 heteroatoms. The molecule has 0 atom stereocenters. The summed E-state index contributed by atoms with van der Waals surface area (Å²) in [6.45, 7) is 5.82. The normalized spacial score (nSPS) is 10.6. The minimum atomic E-state index is -0.523. The van der Waals surface area contributed by atoms with Gasteiger partial charge in [-0.2, -0.15) is 5.10 Å². The fourth-order valence-electron chi connectivity index (χ4n) is 2.82. The van der Waals surface area contributed by atoms with Crippen molar-refractivity contribution in [3.05, 3.63) is 51.5 Å². The Morgan fingerprint density at radius 1 is 1.09 bits per heavy atom. The summed E-state index contributed by atoms with van der Waals surface area (Å²) in [7, 11) is 1.27. The lowest BCUT2D eigenvalue weighted by atomic mass is 10.1. The topological polar surface area (TPSA) is 115 Å². The molecule has 0 fully saturated rings. The van der Waals surface area contributed by atoms with Crippen LogP contribution in [0.5, 0.6) is 11.5 Å². The molecule has 0 saturated carbocycles. The van der Waals surface area contributed by atoms with Crippen molar-refractivity contribution >= 4 is 45.6 Å². The Balaban J connectivity index is 1.92. The standard InChI is InChI=1S/C24H28BrN3O6/c1-5-33-20-12-17(11-18(25)24(20)34-14-23(31)32-4)13-26-28-22(30)10-9-21(29)27-19-8-6-7-15(2)16(19)3/h6-8,11-13H,5,9-10,14H2,1-4H3,(H,27,29)(H,28,30). The Morgan fingerprint density at radius 3 is 2.53 bits per heavy atom. The summed E-state index contributed by atoms with van der Waals surface area (Å²) in [5, 5.41) is 6.76. The minimum absolute atomic E-state index is 0.0117. The second-order valence-corrected chi connectivity index (χ2v) is 8.07. The third-order valence-electron chi connectivity index (χ3n) is 4.75. The van der Waals surface area contributed by atoms with E-state index in [4.69, 9.17) is 9.47 Å². The molecule has 0 spiro atoms. The summed E-state index contributed by atoms with van der Waals surface area (Å²) in [5.41, 5.74) is 5.83. The van der Waals surface area contributed by atoms with E-state index >= 15 is 0 Å². The maximum absolute atomic E-state index is 12.2. The van der Waals surface area contributed by atoms with E-state index in [0.29, 0.717) is 28.1 Å². The van der Waals surface area contributed by atoms with Gasteiger partial charge in [0.1, 0.15) is 0 Å². The maximum atomic E-state index is 12.2. The van der Waals surface area contributed by atoms with E-state index in [2.05, 4.69) is 36.5 Å². The zero-order valence-electron chi connectivity index (χ0n) is 19.6. The summed E-state index contributed by atoms with van der Waals surface area (Å²) in [4.78, 5) is 35.6. The zero-order chi connectivity index (χ0) is 25.1. The number of hydrogen-bond donors (Lipinski definition) is 2. The van der Waals surface area contributed by atoms with E-state index in [1.54, 1.807) is 12.1 Å². The van der Waals surface area contributed by atoms with E-state index in [1.807, 2.05) is 39.0 Å². The van der Waals surface area contributed by atoms with E-state index in [0.717, 1.165) is 16.8 Å². The average molecular weight is 534 g/mol. The summed E-state index contributed by atoms with van der Waals surface area (Å²) >= 11 is 3.39. The van der Waals surface area contributed by atoms with Crippen molar-refractivity contribution in [3.8, 4) is 11.5 Å². The first-order valence-corrected chi connectivity index (χ1v) is 11.4. The van der Waals surface area contributed by atoms with Gasteiger partial charge in [0, 0.05) is 18.5 Å². The van der Waals surface area contributed by atoms with Crippen LogP contribution in [-0.2, 0) is 19.1 Å². The van der Waals surface area contributed by atoms with Gasteiger partial charge < -0.3 is 19.5 Å². The molecule has 9 nitrogen and oxygen atoms in total. The number of hydrazone groups is 1. The molecule has 0 saturated heterocycles. The highest BCUT2D eigenvalue weighted by Crippen LogP contribution is 2.36. The molecule has 34 heavy (non-hydrogen) atoms. The Labute approximate surface area is 207 Å². The van der Waals surface area contributed by atoms with Gasteiger partial charge in [-0.15, -0.1) is 0 Å². The van der Waals surface area contributed by atoms with Crippen LogP contribution in [0.25, 0.3) is 0 Å². The van der Waals surface area contributed by atoms with Gasteiger partial charge in [-0.1, -0.05) is 12.1 Å².